The van der Waals surface area contributed by atoms with Gasteiger partial charge in [-0.05, 0) is 44.9 Å². The number of rotatable bonds is 8. The maximum Gasteiger partial charge on any atom is 0.266 e. The number of amides is 3. The molecule has 0 aliphatic carbocycles. The molecule has 0 heterocycles. The van der Waals surface area contributed by atoms with Crippen LogP contribution in [-0.2, 0) is 20.8 Å². The molecule has 8 heteroatoms. The van der Waals surface area contributed by atoms with Crippen molar-refractivity contribution >= 4 is 23.4 Å². The summed E-state index contributed by atoms with van der Waals surface area (Å²) in [4.78, 5) is 39.5. The molecule has 0 saturated heterocycles. The average molecular weight is 350 g/mol. The fourth-order valence-corrected chi connectivity index (χ4v) is 1.90. The summed E-state index contributed by atoms with van der Waals surface area (Å²) < 4.78 is 13.6. The quantitative estimate of drug-likeness (QED) is 0.588. The van der Waals surface area contributed by atoms with Crippen LogP contribution in [0.5, 0.6) is 0 Å². The lowest BCUT2D eigenvalue weighted by molar-refractivity contribution is -0.127. The van der Waals surface area contributed by atoms with Crippen LogP contribution in [0, 0.1) is 5.82 Å². The third-order valence-electron chi connectivity index (χ3n) is 3.48. The minimum absolute atomic E-state index is 0.0684. The van der Waals surface area contributed by atoms with Gasteiger partial charge in [0.15, 0.2) is 0 Å². The van der Waals surface area contributed by atoms with Gasteiger partial charge in [0.05, 0.1) is 6.42 Å². The molecule has 0 aliphatic rings. The minimum atomic E-state index is -1.30. The first-order valence-electron chi connectivity index (χ1n) is 7.83. The molecule has 0 bridgehead atoms. The number of nitrogens with one attached hydrogen (secondary N) is 1. The molecule has 0 aromatic heterocycles. The highest BCUT2D eigenvalue weighted by Gasteiger charge is 2.28. The maximum atomic E-state index is 13.6. The molecule has 1 aromatic rings. The van der Waals surface area contributed by atoms with E-state index in [4.69, 9.17) is 11.5 Å². The van der Waals surface area contributed by atoms with Crippen LogP contribution in [0.2, 0.25) is 0 Å². The van der Waals surface area contributed by atoms with Crippen LogP contribution < -0.4 is 16.8 Å². The van der Waals surface area contributed by atoms with E-state index in [1.54, 1.807) is 6.07 Å². The third-order valence-corrected chi connectivity index (χ3v) is 3.48. The Bertz CT molecular complexity index is 686. The van der Waals surface area contributed by atoms with Gasteiger partial charge in [-0.1, -0.05) is 18.2 Å². The van der Waals surface area contributed by atoms with E-state index >= 15 is 0 Å². The van der Waals surface area contributed by atoms with E-state index in [1.807, 2.05) is 0 Å². The molecular weight excluding hydrogens is 327 g/mol. The number of hydrogen-bond donors (Lipinski definition) is 3. The number of benzene rings is 1. The second-order valence-electron chi connectivity index (χ2n) is 6.06. The van der Waals surface area contributed by atoms with E-state index in [0.717, 1.165) is 0 Å². The summed E-state index contributed by atoms with van der Waals surface area (Å²) in [5.74, 6) is -2.59. The largest absolute Gasteiger partial charge is 0.368 e. The summed E-state index contributed by atoms with van der Waals surface area (Å²) in [5, 5.41) is 2.43. The average Bonchev–Trinajstić information content (AvgIpc) is 2.53. The van der Waals surface area contributed by atoms with Gasteiger partial charge < -0.3 is 16.8 Å². The van der Waals surface area contributed by atoms with Crippen molar-refractivity contribution in [3.8, 4) is 0 Å². The highest BCUT2D eigenvalue weighted by Crippen LogP contribution is 2.09. The van der Waals surface area contributed by atoms with Gasteiger partial charge in [0.1, 0.15) is 17.1 Å². The smallest absolute Gasteiger partial charge is 0.266 e. The maximum absolute atomic E-state index is 13.6. The van der Waals surface area contributed by atoms with Gasteiger partial charge in [-0.2, -0.15) is 0 Å². The Morgan fingerprint density at radius 2 is 1.88 bits per heavy atom. The van der Waals surface area contributed by atoms with Gasteiger partial charge in [0.2, 0.25) is 5.91 Å². The van der Waals surface area contributed by atoms with Crippen molar-refractivity contribution in [3.05, 3.63) is 35.6 Å². The van der Waals surface area contributed by atoms with Crippen molar-refractivity contribution in [2.45, 2.75) is 38.6 Å². The SMILES string of the molecule is CC(C)(NC(=O)/C(CCCN)=N/C(=O)Cc1ccccc1F)C(N)=O. The number of aliphatic imine (C=N–C) groups is 1. The lowest BCUT2D eigenvalue weighted by atomic mass is 10.0. The van der Waals surface area contributed by atoms with Crippen LogP contribution in [0.1, 0.15) is 32.3 Å². The van der Waals surface area contributed by atoms with Crippen molar-refractivity contribution in [1.82, 2.24) is 5.32 Å². The molecule has 0 saturated carbocycles. The van der Waals surface area contributed by atoms with E-state index in [2.05, 4.69) is 10.3 Å². The van der Waals surface area contributed by atoms with E-state index in [0.29, 0.717) is 13.0 Å². The number of primary amides is 1. The van der Waals surface area contributed by atoms with Crippen molar-refractivity contribution in [1.29, 1.82) is 0 Å². The van der Waals surface area contributed by atoms with Crippen molar-refractivity contribution in [3.63, 3.8) is 0 Å². The molecule has 0 unspecified atom stereocenters. The number of nitrogens with zero attached hydrogens (tertiary/aromatic N) is 1. The highest BCUT2D eigenvalue weighted by molar-refractivity contribution is 6.40. The van der Waals surface area contributed by atoms with Crippen LogP contribution in [0.4, 0.5) is 4.39 Å². The molecule has 25 heavy (non-hydrogen) atoms. The first kappa shape index (κ1) is 20.4. The first-order valence-corrected chi connectivity index (χ1v) is 7.83. The second-order valence-corrected chi connectivity index (χ2v) is 6.06. The molecule has 5 N–H and O–H groups in total. The zero-order valence-corrected chi connectivity index (χ0v) is 14.3. The Labute approximate surface area is 145 Å². The zero-order valence-electron chi connectivity index (χ0n) is 14.3. The highest BCUT2D eigenvalue weighted by atomic mass is 19.1. The van der Waals surface area contributed by atoms with Crippen molar-refractivity contribution in [2.75, 3.05) is 6.54 Å². The van der Waals surface area contributed by atoms with Gasteiger partial charge >= 0.3 is 0 Å². The number of nitrogens with two attached hydrogens (primary N) is 2. The van der Waals surface area contributed by atoms with Gasteiger partial charge in [0.25, 0.3) is 11.8 Å². The molecule has 7 nitrogen and oxygen atoms in total. The molecule has 0 fully saturated rings. The Balaban J connectivity index is 2.94. The minimum Gasteiger partial charge on any atom is -0.368 e. The first-order chi connectivity index (χ1) is 11.7. The summed E-state index contributed by atoms with van der Waals surface area (Å²) >= 11 is 0. The van der Waals surface area contributed by atoms with Gasteiger partial charge in [-0.25, -0.2) is 9.38 Å². The Morgan fingerprint density at radius 3 is 2.44 bits per heavy atom. The molecule has 0 aliphatic heterocycles. The molecule has 136 valence electrons. The second kappa shape index (κ2) is 9.03. The zero-order chi connectivity index (χ0) is 19.0. The van der Waals surface area contributed by atoms with Crippen LogP contribution in [0.3, 0.4) is 0 Å². The van der Waals surface area contributed by atoms with Crippen LogP contribution in [0.15, 0.2) is 29.3 Å². The molecule has 0 radical (unpaired) electrons. The summed E-state index contributed by atoms with van der Waals surface area (Å²) in [5.41, 5.74) is 9.47. The van der Waals surface area contributed by atoms with E-state index in [1.165, 1.54) is 32.0 Å². The number of hydrogen-bond acceptors (Lipinski definition) is 4. The van der Waals surface area contributed by atoms with E-state index < -0.39 is 29.1 Å². The Kier molecular flexibility index (Phi) is 7.38. The van der Waals surface area contributed by atoms with Crippen LogP contribution in [0.25, 0.3) is 0 Å². The number of carbonyl (C=O) groups excluding carboxylic acids is 3. The summed E-state index contributed by atoms with van der Waals surface area (Å²) in [6.45, 7) is 3.18. The predicted molar refractivity (Wildman–Crippen MR) is 92.3 cm³/mol. The van der Waals surface area contributed by atoms with Crippen molar-refractivity contribution < 1.29 is 18.8 Å². The Hall–Kier alpha value is -2.61. The van der Waals surface area contributed by atoms with Crippen LogP contribution in [-0.4, -0.2) is 35.5 Å². The van der Waals surface area contributed by atoms with Crippen LogP contribution >= 0.6 is 0 Å². The van der Waals surface area contributed by atoms with Gasteiger partial charge in [-0.15, -0.1) is 0 Å². The number of halogens is 1. The molecule has 1 rings (SSSR count). The fraction of sp³-hybridized carbons (Fsp3) is 0.412. The topological polar surface area (TPSA) is 128 Å². The summed E-state index contributed by atoms with van der Waals surface area (Å²) in [6.07, 6.45) is 0.307. The lowest BCUT2D eigenvalue weighted by Gasteiger charge is -2.22. The van der Waals surface area contributed by atoms with E-state index in [9.17, 15) is 18.8 Å². The number of carbonyl (C=O) groups is 3. The summed E-state index contributed by atoms with van der Waals surface area (Å²) in [7, 11) is 0. The fourth-order valence-electron chi connectivity index (χ4n) is 1.90. The van der Waals surface area contributed by atoms with Crippen molar-refractivity contribution in [2.24, 2.45) is 16.5 Å². The molecule has 0 spiro atoms. The third kappa shape index (κ3) is 6.42. The molecule has 1 aromatic carbocycles. The van der Waals surface area contributed by atoms with E-state index in [-0.39, 0.29) is 24.1 Å². The Morgan fingerprint density at radius 1 is 1.24 bits per heavy atom. The molecule has 3 amide bonds. The predicted octanol–water partition coefficient (Wildman–Crippen LogP) is 0.455. The monoisotopic (exact) mass is 350 g/mol. The standard InChI is InChI=1S/C17H23FN4O3/c1-17(2,16(20)25)22-15(24)13(8-5-9-19)21-14(23)10-11-6-3-4-7-12(11)18/h3-4,6-7H,5,8-10,19H2,1-2H3,(H2,20,25)(H,22,24)/b21-13+. The van der Waals surface area contributed by atoms with Gasteiger partial charge in [0, 0.05) is 0 Å². The molecule has 0 atom stereocenters. The lowest BCUT2D eigenvalue weighted by Crippen LogP contribution is -2.54. The molecular formula is C17H23FN4O3. The summed E-state index contributed by atoms with van der Waals surface area (Å²) in [6, 6.07) is 5.83. The van der Waals surface area contributed by atoms with Gasteiger partial charge in [-0.3, -0.25) is 14.4 Å². The normalized spacial score (nSPS) is 11.9.